The van der Waals surface area contributed by atoms with Crippen LogP contribution in [0.15, 0.2) is 34.9 Å². The number of hydrogen-bond donors (Lipinski definition) is 0. The van der Waals surface area contributed by atoms with Crippen molar-refractivity contribution in [2.24, 2.45) is 0 Å². The second-order valence-electron chi connectivity index (χ2n) is 4.64. The fourth-order valence-corrected chi connectivity index (χ4v) is 2.49. The number of benzene rings is 1. The average Bonchev–Trinajstić information content (AvgIpc) is 2.17. The van der Waals surface area contributed by atoms with Crippen LogP contribution in [0.2, 0.25) is 24.7 Å². The normalized spacial score (nSPS) is 11.8. The van der Waals surface area contributed by atoms with Gasteiger partial charge in [-0.15, -0.1) is 0 Å². The Hall–Kier alpha value is -1.06. The summed E-state index contributed by atoms with van der Waals surface area (Å²) >= 11 is 5.98. The minimum atomic E-state index is -1.62. The van der Waals surface area contributed by atoms with Gasteiger partial charge in [-0.1, -0.05) is 11.6 Å². The topological polar surface area (TPSA) is 20.5 Å². The largest absolute Gasteiger partial charge is 0.543 e. The van der Waals surface area contributed by atoms with Crippen LogP contribution >= 0.6 is 11.6 Å². The SMILES string of the molecule is C[Si](C)(C)Oc1cc[o+]c2ccc(Cl)cc12. The summed E-state index contributed by atoms with van der Waals surface area (Å²) in [7, 11) is -1.62. The van der Waals surface area contributed by atoms with Crippen LogP contribution in [0.1, 0.15) is 0 Å². The van der Waals surface area contributed by atoms with Crippen molar-refractivity contribution in [3.8, 4) is 5.75 Å². The van der Waals surface area contributed by atoms with Crippen LogP contribution in [0.5, 0.6) is 5.75 Å². The van der Waals surface area contributed by atoms with Crippen molar-refractivity contribution < 1.29 is 8.84 Å². The second-order valence-corrected chi connectivity index (χ2v) is 9.51. The summed E-state index contributed by atoms with van der Waals surface area (Å²) in [6, 6.07) is 7.38. The summed E-state index contributed by atoms with van der Waals surface area (Å²) in [5.74, 6) is 0.850. The molecule has 0 bridgehead atoms. The van der Waals surface area contributed by atoms with Crippen LogP contribution in [0.4, 0.5) is 0 Å². The van der Waals surface area contributed by atoms with E-state index in [1.807, 2.05) is 24.3 Å². The van der Waals surface area contributed by atoms with Crippen molar-refractivity contribution in [2.45, 2.75) is 19.6 Å². The van der Waals surface area contributed by atoms with Gasteiger partial charge in [0.05, 0.1) is 6.07 Å². The summed E-state index contributed by atoms with van der Waals surface area (Å²) in [5, 5.41) is 1.62. The van der Waals surface area contributed by atoms with Gasteiger partial charge in [0, 0.05) is 11.1 Å². The summed E-state index contributed by atoms with van der Waals surface area (Å²) in [6.45, 7) is 6.44. The molecule has 0 fully saturated rings. The zero-order chi connectivity index (χ0) is 11.8. The molecule has 1 aromatic heterocycles. The standard InChI is InChI=1S/C12H14ClO2Si/c1-16(2,3)15-12-6-7-14-11-5-4-9(13)8-10(11)12/h4-8H,1-3H3/q+1. The Morgan fingerprint density at radius 2 is 1.94 bits per heavy atom. The van der Waals surface area contributed by atoms with E-state index >= 15 is 0 Å². The molecule has 16 heavy (non-hydrogen) atoms. The van der Waals surface area contributed by atoms with Crippen molar-refractivity contribution in [1.29, 1.82) is 0 Å². The first-order valence-corrected chi connectivity index (χ1v) is 8.93. The molecule has 2 nitrogen and oxygen atoms in total. The molecule has 0 spiro atoms. The summed E-state index contributed by atoms with van der Waals surface area (Å²) in [6.07, 6.45) is 1.64. The molecule has 0 N–H and O–H groups in total. The molecule has 2 aromatic rings. The van der Waals surface area contributed by atoms with E-state index in [9.17, 15) is 0 Å². The van der Waals surface area contributed by atoms with Gasteiger partial charge in [0.2, 0.25) is 8.32 Å². The molecular weight excluding hydrogens is 240 g/mol. The maximum Gasteiger partial charge on any atom is 0.363 e. The van der Waals surface area contributed by atoms with Crippen molar-refractivity contribution in [2.75, 3.05) is 0 Å². The molecule has 0 radical (unpaired) electrons. The van der Waals surface area contributed by atoms with E-state index in [-0.39, 0.29) is 0 Å². The van der Waals surface area contributed by atoms with Gasteiger partial charge in [-0.3, -0.25) is 0 Å². The zero-order valence-electron chi connectivity index (χ0n) is 9.58. The third-order valence-electron chi connectivity index (χ3n) is 2.04. The second kappa shape index (κ2) is 4.07. The van der Waals surface area contributed by atoms with E-state index in [4.69, 9.17) is 20.4 Å². The Morgan fingerprint density at radius 3 is 2.62 bits per heavy atom. The van der Waals surface area contributed by atoms with E-state index in [1.54, 1.807) is 6.26 Å². The molecule has 84 valence electrons. The third-order valence-corrected chi connectivity index (χ3v) is 3.11. The summed E-state index contributed by atoms with van der Waals surface area (Å²) < 4.78 is 11.4. The first-order chi connectivity index (χ1) is 7.46. The summed E-state index contributed by atoms with van der Waals surface area (Å²) in [4.78, 5) is 0. The van der Waals surface area contributed by atoms with Crippen molar-refractivity contribution in [3.05, 3.63) is 35.6 Å². The Morgan fingerprint density at radius 1 is 1.19 bits per heavy atom. The third kappa shape index (κ3) is 2.54. The van der Waals surface area contributed by atoms with Crippen LogP contribution in [0, 0.1) is 0 Å². The highest BCUT2D eigenvalue weighted by Crippen LogP contribution is 2.29. The summed E-state index contributed by atoms with van der Waals surface area (Å²) in [5.41, 5.74) is 0.792. The number of rotatable bonds is 2. The van der Waals surface area contributed by atoms with Gasteiger partial charge in [0.25, 0.3) is 0 Å². The van der Waals surface area contributed by atoms with Gasteiger partial charge >= 0.3 is 11.8 Å². The molecule has 0 saturated heterocycles. The highest BCUT2D eigenvalue weighted by atomic mass is 35.5. The highest BCUT2D eigenvalue weighted by molar-refractivity contribution is 6.70. The fourth-order valence-electron chi connectivity index (χ4n) is 1.48. The first kappa shape index (κ1) is 11.4. The molecule has 0 saturated carbocycles. The lowest BCUT2D eigenvalue weighted by atomic mass is 10.2. The molecule has 0 aliphatic rings. The van der Waals surface area contributed by atoms with Gasteiger partial charge in [-0.05, 0) is 31.8 Å². The minimum Gasteiger partial charge on any atom is -0.543 e. The Balaban J connectivity index is 2.56. The monoisotopic (exact) mass is 253 g/mol. The van der Waals surface area contributed by atoms with Crippen molar-refractivity contribution in [1.82, 2.24) is 0 Å². The Labute approximate surface area is 101 Å². The van der Waals surface area contributed by atoms with Crippen molar-refractivity contribution >= 4 is 30.9 Å². The molecule has 0 unspecified atom stereocenters. The zero-order valence-corrected chi connectivity index (χ0v) is 11.3. The molecule has 0 aliphatic heterocycles. The molecule has 0 aliphatic carbocycles. The number of fused-ring (bicyclic) bond motifs is 1. The van der Waals surface area contributed by atoms with Crippen LogP contribution in [0.25, 0.3) is 11.0 Å². The molecule has 0 atom stereocenters. The van der Waals surface area contributed by atoms with Crippen molar-refractivity contribution in [3.63, 3.8) is 0 Å². The maximum absolute atomic E-state index is 5.99. The Bertz CT molecular complexity index is 520. The van der Waals surface area contributed by atoms with Crippen LogP contribution in [-0.4, -0.2) is 8.32 Å². The van der Waals surface area contributed by atoms with Gasteiger partial charge in [0.15, 0.2) is 0 Å². The molecule has 2 rings (SSSR count). The van der Waals surface area contributed by atoms with E-state index in [1.165, 1.54) is 0 Å². The average molecular weight is 254 g/mol. The van der Waals surface area contributed by atoms with E-state index in [0.717, 1.165) is 16.7 Å². The number of halogens is 1. The maximum atomic E-state index is 5.99. The van der Waals surface area contributed by atoms with E-state index < -0.39 is 8.32 Å². The first-order valence-electron chi connectivity index (χ1n) is 5.15. The van der Waals surface area contributed by atoms with E-state index in [0.29, 0.717) is 5.02 Å². The van der Waals surface area contributed by atoms with Gasteiger partial charge in [-0.25, -0.2) is 4.42 Å². The van der Waals surface area contributed by atoms with Gasteiger partial charge in [-0.2, -0.15) is 0 Å². The predicted octanol–water partition coefficient (Wildman–Crippen LogP) is 4.58. The van der Waals surface area contributed by atoms with Crippen LogP contribution < -0.4 is 4.43 Å². The fraction of sp³-hybridized carbons (Fsp3) is 0.250. The highest BCUT2D eigenvalue weighted by Gasteiger charge is 2.20. The predicted molar refractivity (Wildman–Crippen MR) is 69.6 cm³/mol. The molecule has 1 aromatic carbocycles. The lowest BCUT2D eigenvalue weighted by Crippen LogP contribution is -2.29. The quantitative estimate of drug-likeness (QED) is 0.577. The molecule has 4 heteroatoms. The molecule has 0 amide bonds. The van der Waals surface area contributed by atoms with Crippen LogP contribution in [-0.2, 0) is 0 Å². The van der Waals surface area contributed by atoms with Gasteiger partial charge < -0.3 is 4.43 Å². The minimum absolute atomic E-state index is 0.689. The molecular formula is C12H14ClO2Si+. The number of hydrogen-bond acceptors (Lipinski definition) is 1. The smallest absolute Gasteiger partial charge is 0.363 e. The van der Waals surface area contributed by atoms with E-state index in [2.05, 4.69) is 19.6 Å². The lowest BCUT2D eigenvalue weighted by Gasteiger charge is -2.18. The molecule has 1 heterocycles. The van der Waals surface area contributed by atoms with Crippen LogP contribution in [0.3, 0.4) is 0 Å². The Kier molecular flexibility index (Phi) is 2.91. The van der Waals surface area contributed by atoms with Gasteiger partial charge in [0.1, 0.15) is 11.1 Å². The lowest BCUT2D eigenvalue weighted by molar-refractivity contribution is 0.545.